The summed E-state index contributed by atoms with van der Waals surface area (Å²) in [6.45, 7) is 0. The molecule has 0 amide bonds. The zero-order valence-electron chi connectivity index (χ0n) is 11.7. The molecule has 3 nitrogen and oxygen atoms in total. The standard InChI is InChI=1S/C16H14Cl2O3/c1-20-15-8-12(13(18)9-16(15)21-2)14(19)7-10-3-5-11(17)6-4-10/h3-6,8-9H,7H2,1-2H3. The SMILES string of the molecule is COc1cc(Cl)c(C(=O)Cc2ccc(Cl)cc2)cc1OC. The first kappa shape index (κ1) is 15.7. The number of hydrogen-bond acceptors (Lipinski definition) is 3. The first-order valence-corrected chi connectivity index (χ1v) is 7.00. The number of benzene rings is 2. The molecule has 0 radical (unpaired) electrons. The summed E-state index contributed by atoms with van der Waals surface area (Å²) < 4.78 is 10.3. The van der Waals surface area contributed by atoms with E-state index in [1.165, 1.54) is 14.2 Å². The summed E-state index contributed by atoms with van der Waals surface area (Å²) in [4.78, 5) is 12.4. The Kier molecular flexibility index (Phi) is 5.10. The number of carbonyl (C=O) groups excluding carboxylic acids is 1. The smallest absolute Gasteiger partial charge is 0.168 e. The second-order valence-electron chi connectivity index (χ2n) is 4.41. The highest BCUT2D eigenvalue weighted by atomic mass is 35.5. The van der Waals surface area contributed by atoms with Crippen molar-refractivity contribution >= 4 is 29.0 Å². The molecule has 0 aromatic heterocycles. The number of rotatable bonds is 5. The van der Waals surface area contributed by atoms with Gasteiger partial charge in [-0.3, -0.25) is 4.79 Å². The van der Waals surface area contributed by atoms with Gasteiger partial charge in [0.25, 0.3) is 0 Å². The number of carbonyl (C=O) groups is 1. The van der Waals surface area contributed by atoms with Gasteiger partial charge in [-0.05, 0) is 23.8 Å². The van der Waals surface area contributed by atoms with Crippen LogP contribution in [0.2, 0.25) is 10.0 Å². The van der Waals surface area contributed by atoms with Gasteiger partial charge in [0, 0.05) is 23.1 Å². The molecule has 0 spiro atoms. The Morgan fingerprint density at radius 3 is 2.14 bits per heavy atom. The molecule has 0 aliphatic carbocycles. The molecule has 0 saturated carbocycles. The summed E-state index contributed by atoms with van der Waals surface area (Å²) in [5.74, 6) is 0.871. The fourth-order valence-corrected chi connectivity index (χ4v) is 2.34. The molecule has 2 aromatic rings. The van der Waals surface area contributed by atoms with Gasteiger partial charge in [0.2, 0.25) is 0 Å². The lowest BCUT2D eigenvalue weighted by Gasteiger charge is -2.11. The van der Waals surface area contributed by atoms with Crippen molar-refractivity contribution in [2.45, 2.75) is 6.42 Å². The van der Waals surface area contributed by atoms with Crippen LogP contribution >= 0.6 is 23.2 Å². The minimum atomic E-state index is -0.0942. The van der Waals surface area contributed by atoms with Crippen LogP contribution in [-0.2, 0) is 6.42 Å². The lowest BCUT2D eigenvalue weighted by atomic mass is 10.0. The molecule has 21 heavy (non-hydrogen) atoms. The van der Waals surface area contributed by atoms with E-state index in [1.807, 2.05) is 12.1 Å². The Morgan fingerprint density at radius 2 is 1.57 bits per heavy atom. The first-order valence-electron chi connectivity index (χ1n) is 6.24. The van der Waals surface area contributed by atoms with Gasteiger partial charge in [-0.2, -0.15) is 0 Å². The van der Waals surface area contributed by atoms with Crippen molar-refractivity contribution in [3.63, 3.8) is 0 Å². The fourth-order valence-electron chi connectivity index (χ4n) is 1.95. The summed E-state index contributed by atoms with van der Waals surface area (Å²) in [6.07, 6.45) is 0.242. The van der Waals surface area contributed by atoms with E-state index in [1.54, 1.807) is 24.3 Å². The summed E-state index contributed by atoms with van der Waals surface area (Å²) >= 11 is 12.0. The highest BCUT2D eigenvalue weighted by molar-refractivity contribution is 6.34. The zero-order chi connectivity index (χ0) is 15.4. The minimum Gasteiger partial charge on any atom is -0.493 e. The monoisotopic (exact) mass is 324 g/mol. The van der Waals surface area contributed by atoms with Crippen molar-refractivity contribution in [2.24, 2.45) is 0 Å². The minimum absolute atomic E-state index is 0.0942. The summed E-state index contributed by atoms with van der Waals surface area (Å²) in [6, 6.07) is 10.3. The van der Waals surface area contributed by atoms with Gasteiger partial charge < -0.3 is 9.47 Å². The third-order valence-corrected chi connectivity index (χ3v) is 3.62. The van der Waals surface area contributed by atoms with Crippen molar-refractivity contribution in [1.29, 1.82) is 0 Å². The molecule has 0 heterocycles. The summed E-state index contributed by atoms with van der Waals surface area (Å²) in [5, 5.41) is 0.974. The van der Waals surface area contributed by atoms with Crippen molar-refractivity contribution in [1.82, 2.24) is 0 Å². The zero-order valence-corrected chi connectivity index (χ0v) is 13.2. The molecule has 0 unspecified atom stereocenters. The van der Waals surface area contributed by atoms with Gasteiger partial charge in [0.05, 0.1) is 19.2 Å². The number of ketones is 1. The Morgan fingerprint density at radius 1 is 1.00 bits per heavy atom. The highest BCUT2D eigenvalue weighted by Gasteiger charge is 2.16. The van der Waals surface area contributed by atoms with Crippen LogP contribution in [0.15, 0.2) is 36.4 Å². The van der Waals surface area contributed by atoms with Crippen LogP contribution in [0.3, 0.4) is 0 Å². The Hall–Kier alpha value is -1.71. The van der Waals surface area contributed by atoms with E-state index in [0.717, 1.165) is 5.56 Å². The lowest BCUT2D eigenvalue weighted by molar-refractivity contribution is 0.0992. The van der Waals surface area contributed by atoms with Gasteiger partial charge in [-0.15, -0.1) is 0 Å². The highest BCUT2D eigenvalue weighted by Crippen LogP contribution is 2.33. The van der Waals surface area contributed by atoms with Crippen LogP contribution in [-0.4, -0.2) is 20.0 Å². The molecule has 0 N–H and O–H groups in total. The molecule has 0 aliphatic rings. The average molecular weight is 325 g/mol. The molecule has 2 aromatic carbocycles. The van der Waals surface area contributed by atoms with Gasteiger partial charge in [-0.25, -0.2) is 0 Å². The van der Waals surface area contributed by atoms with E-state index >= 15 is 0 Å². The van der Waals surface area contributed by atoms with Crippen molar-refractivity contribution < 1.29 is 14.3 Å². The quantitative estimate of drug-likeness (QED) is 0.763. The number of methoxy groups -OCH3 is 2. The lowest BCUT2D eigenvalue weighted by Crippen LogP contribution is -2.05. The molecular weight excluding hydrogens is 311 g/mol. The molecular formula is C16H14Cl2O3. The van der Waals surface area contributed by atoms with Gasteiger partial charge in [0.15, 0.2) is 17.3 Å². The maximum absolute atomic E-state index is 12.4. The third kappa shape index (κ3) is 3.69. The third-order valence-electron chi connectivity index (χ3n) is 3.05. The fraction of sp³-hybridized carbons (Fsp3) is 0.188. The number of ether oxygens (including phenoxy) is 2. The molecule has 0 bridgehead atoms. The van der Waals surface area contributed by atoms with Crippen LogP contribution in [0.1, 0.15) is 15.9 Å². The second kappa shape index (κ2) is 6.83. The topological polar surface area (TPSA) is 35.5 Å². The first-order chi connectivity index (χ1) is 10.0. The van der Waals surface area contributed by atoms with Crippen molar-refractivity contribution in [3.05, 3.63) is 57.6 Å². The van der Waals surface area contributed by atoms with Crippen LogP contribution in [0, 0.1) is 0 Å². The Labute approximate surface area is 133 Å². The molecule has 0 atom stereocenters. The second-order valence-corrected chi connectivity index (χ2v) is 5.26. The normalized spacial score (nSPS) is 10.3. The van der Waals surface area contributed by atoms with Crippen LogP contribution in [0.5, 0.6) is 11.5 Å². The number of hydrogen-bond donors (Lipinski definition) is 0. The van der Waals surface area contributed by atoms with Gasteiger partial charge in [0.1, 0.15) is 0 Å². The largest absolute Gasteiger partial charge is 0.493 e. The average Bonchev–Trinajstić information content (AvgIpc) is 2.49. The van der Waals surface area contributed by atoms with Gasteiger partial charge in [-0.1, -0.05) is 35.3 Å². The van der Waals surface area contributed by atoms with E-state index in [-0.39, 0.29) is 12.2 Å². The molecule has 2 rings (SSSR count). The number of Topliss-reactive ketones (excluding diaryl/α,β-unsaturated/α-hetero) is 1. The van der Waals surface area contributed by atoms with Crippen LogP contribution in [0.25, 0.3) is 0 Å². The van der Waals surface area contributed by atoms with Crippen LogP contribution < -0.4 is 9.47 Å². The summed E-state index contributed by atoms with van der Waals surface area (Å²) in [5.41, 5.74) is 1.28. The van der Waals surface area contributed by atoms with Crippen molar-refractivity contribution in [3.8, 4) is 11.5 Å². The van der Waals surface area contributed by atoms with Gasteiger partial charge >= 0.3 is 0 Å². The summed E-state index contributed by atoms with van der Waals surface area (Å²) in [7, 11) is 3.03. The van der Waals surface area contributed by atoms with E-state index in [4.69, 9.17) is 32.7 Å². The molecule has 0 fully saturated rings. The number of halogens is 2. The maximum Gasteiger partial charge on any atom is 0.168 e. The van der Waals surface area contributed by atoms with E-state index in [2.05, 4.69) is 0 Å². The molecule has 110 valence electrons. The van der Waals surface area contributed by atoms with Crippen molar-refractivity contribution in [2.75, 3.05) is 14.2 Å². The Balaban J connectivity index is 2.28. The predicted octanol–water partition coefficient (Wildman–Crippen LogP) is 4.44. The Bertz CT molecular complexity index is 651. The molecule has 5 heteroatoms. The predicted molar refractivity (Wildman–Crippen MR) is 84.0 cm³/mol. The molecule has 0 saturated heterocycles. The van der Waals surface area contributed by atoms with E-state index in [9.17, 15) is 4.79 Å². The maximum atomic E-state index is 12.4. The van der Waals surface area contributed by atoms with Crippen LogP contribution in [0.4, 0.5) is 0 Å². The van der Waals surface area contributed by atoms with E-state index < -0.39 is 0 Å². The molecule has 0 aliphatic heterocycles. The van der Waals surface area contributed by atoms with E-state index in [0.29, 0.717) is 27.1 Å².